The Morgan fingerprint density at radius 3 is 2.55 bits per heavy atom. The van der Waals surface area contributed by atoms with Crippen LogP contribution in [0.1, 0.15) is 25.2 Å². The molecule has 20 heavy (non-hydrogen) atoms. The van der Waals surface area contributed by atoms with Crippen molar-refractivity contribution in [2.75, 3.05) is 17.2 Å². The van der Waals surface area contributed by atoms with Crippen molar-refractivity contribution in [1.29, 1.82) is 0 Å². The van der Waals surface area contributed by atoms with Gasteiger partial charge in [-0.3, -0.25) is 0 Å². The number of nitrogens with one attached hydrogen (secondary N) is 2. The number of halogens is 1. The zero-order valence-corrected chi connectivity index (χ0v) is 12.8. The lowest BCUT2D eigenvalue weighted by molar-refractivity contribution is 0.939. The molecule has 2 rings (SSSR count). The molecule has 5 heteroatoms. The lowest BCUT2D eigenvalue weighted by Gasteiger charge is -2.11. The van der Waals surface area contributed by atoms with Crippen LogP contribution in [0.25, 0.3) is 0 Å². The summed E-state index contributed by atoms with van der Waals surface area (Å²) < 4.78 is 0. The number of aromatic nitrogens is 2. The maximum atomic E-state index is 6.20. The van der Waals surface area contributed by atoms with E-state index in [-0.39, 0.29) is 0 Å². The first-order valence-electron chi connectivity index (χ1n) is 6.77. The minimum Gasteiger partial charge on any atom is -0.370 e. The van der Waals surface area contributed by atoms with Crippen molar-refractivity contribution in [1.82, 2.24) is 9.97 Å². The van der Waals surface area contributed by atoms with Crippen LogP contribution in [0, 0.1) is 6.92 Å². The average Bonchev–Trinajstić information content (AvgIpc) is 2.43. The number of benzene rings is 1. The van der Waals surface area contributed by atoms with Crippen LogP contribution in [0.5, 0.6) is 0 Å². The summed E-state index contributed by atoms with van der Waals surface area (Å²) in [6, 6.07) is 7.76. The maximum absolute atomic E-state index is 6.20. The predicted molar refractivity (Wildman–Crippen MR) is 85.0 cm³/mol. The first-order valence-corrected chi connectivity index (χ1v) is 7.15. The first-order chi connectivity index (χ1) is 9.62. The van der Waals surface area contributed by atoms with Crippen LogP contribution < -0.4 is 10.6 Å². The Labute approximate surface area is 124 Å². The van der Waals surface area contributed by atoms with Crippen molar-refractivity contribution in [3.05, 3.63) is 40.7 Å². The fourth-order valence-corrected chi connectivity index (χ4v) is 2.03. The molecular formula is C15H19ClN4. The third-order valence-corrected chi connectivity index (χ3v) is 3.16. The second kappa shape index (κ2) is 6.57. The topological polar surface area (TPSA) is 49.8 Å². The van der Waals surface area contributed by atoms with E-state index in [1.807, 2.05) is 45.0 Å². The normalized spacial score (nSPS) is 10.4. The molecule has 1 aromatic heterocycles. The largest absolute Gasteiger partial charge is 0.370 e. The van der Waals surface area contributed by atoms with Gasteiger partial charge in [0.1, 0.15) is 17.5 Å². The molecule has 0 aliphatic heterocycles. The summed E-state index contributed by atoms with van der Waals surface area (Å²) in [4.78, 5) is 8.91. The number of nitrogens with zero attached hydrogens (tertiary/aromatic N) is 2. The average molecular weight is 291 g/mol. The van der Waals surface area contributed by atoms with Gasteiger partial charge in [0.05, 0.1) is 10.7 Å². The Balaban J connectivity index is 2.32. The van der Waals surface area contributed by atoms with Gasteiger partial charge in [-0.05, 0) is 31.5 Å². The van der Waals surface area contributed by atoms with Crippen LogP contribution in [-0.2, 0) is 6.42 Å². The van der Waals surface area contributed by atoms with Gasteiger partial charge in [-0.2, -0.15) is 0 Å². The Bertz CT molecular complexity index is 598. The van der Waals surface area contributed by atoms with Gasteiger partial charge < -0.3 is 10.6 Å². The molecule has 0 saturated heterocycles. The van der Waals surface area contributed by atoms with Crippen LogP contribution in [0.2, 0.25) is 5.02 Å². The molecule has 0 aliphatic carbocycles. The Hall–Kier alpha value is -1.81. The standard InChI is InChI=1S/C15H19ClN4/c1-4-13-19-14(17-5-2)9-15(20-13)18-12-8-10(3)6-7-11(12)16/h6-9H,4-5H2,1-3H3,(H2,17,18,19,20). The van der Waals surface area contributed by atoms with Gasteiger partial charge in [-0.25, -0.2) is 9.97 Å². The second-order valence-corrected chi connectivity index (χ2v) is 4.95. The van der Waals surface area contributed by atoms with E-state index in [9.17, 15) is 0 Å². The minimum absolute atomic E-state index is 0.678. The molecule has 0 bridgehead atoms. The highest BCUT2D eigenvalue weighted by Gasteiger charge is 2.06. The van der Waals surface area contributed by atoms with Crippen molar-refractivity contribution in [2.24, 2.45) is 0 Å². The fourth-order valence-electron chi connectivity index (χ4n) is 1.86. The summed E-state index contributed by atoms with van der Waals surface area (Å²) >= 11 is 6.20. The molecule has 0 unspecified atom stereocenters. The molecule has 0 amide bonds. The summed E-state index contributed by atoms with van der Waals surface area (Å²) in [6.45, 7) is 6.93. The molecule has 0 saturated carbocycles. The van der Waals surface area contributed by atoms with Crippen LogP contribution in [0.3, 0.4) is 0 Å². The van der Waals surface area contributed by atoms with Crippen molar-refractivity contribution in [2.45, 2.75) is 27.2 Å². The van der Waals surface area contributed by atoms with E-state index < -0.39 is 0 Å². The van der Waals surface area contributed by atoms with E-state index in [1.54, 1.807) is 0 Å². The lowest BCUT2D eigenvalue weighted by atomic mass is 10.2. The molecule has 0 fully saturated rings. The highest BCUT2D eigenvalue weighted by Crippen LogP contribution is 2.26. The molecule has 0 atom stereocenters. The molecule has 2 N–H and O–H groups in total. The highest BCUT2D eigenvalue weighted by atomic mass is 35.5. The molecule has 0 aliphatic rings. The number of anilines is 3. The molecule has 4 nitrogen and oxygen atoms in total. The van der Waals surface area contributed by atoms with Crippen molar-refractivity contribution < 1.29 is 0 Å². The van der Waals surface area contributed by atoms with Crippen LogP contribution in [0.4, 0.5) is 17.3 Å². The third-order valence-electron chi connectivity index (χ3n) is 2.83. The second-order valence-electron chi connectivity index (χ2n) is 4.55. The van der Waals surface area contributed by atoms with Gasteiger partial charge in [-0.1, -0.05) is 24.6 Å². The van der Waals surface area contributed by atoms with E-state index in [2.05, 4.69) is 20.6 Å². The Morgan fingerprint density at radius 2 is 1.85 bits per heavy atom. The highest BCUT2D eigenvalue weighted by molar-refractivity contribution is 6.33. The summed E-state index contributed by atoms with van der Waals surface area (Å²) in [5.41, 5.74) is 2.00. The number of rotatable bonds is 5. The predicted octanol–water partition coefficient (Wildman–Crippen LogP) is 4.18. The SMILES string of the molecule is CCNc1cc(Nc2cc(C)ccc2Cl)nc(CC)n1. The van der Waals surface area contributed by atoms with Crippen molar-refractivity contribution in [3.8, 4) is 0 Å². The van der Waals surface area contributed by atoms with Gasteiger partial charge in [0.2, 0.25) is 0 Å². The van der Waals surface area contributed by atoms with Crippen molar-refractivity contribution in [3.63, 3.8) is 0 Å². The number of hydrogen-bond acceptors (Lipinski definition) is 4. The summed E-state index contributed by atoms with van der Waals surface area (Å²) in [5.74, 6) is 2.38. The molecule has 0 spiro atoms. The van der Waals surface area contributed by atoms with Gasteiger partial charge in [0, 0.05) is 19.0 Å². The van der Waals surface area contributed by atoms with E-state index in [4.69, 9.17) is 11.6 Å². The molecule has 2 aromatic rings. The molecule has 1 aromatic carbocycles. The summed E-state index contributed by atoms with van der Waals surface area (Å²) in [6.07, 6.45) is 0.787. The van der Waals surface area contributed by atoms with Gasteiger partial charge in [-0.15, -0.1) is 0 Å². The van der Waals surface area contributed by atoms with Crippen LogP contribution in [-0.4, -0.2) is 16.5 Å². The summed E-state index contributed by atoms with van der Waals surface area (Å²) in [7, 11) is 0. The lowest BCUT2D eigenvalue weighted by Crippen LogP contribution is -2.05. The van der Waals surface area contributed by atoms with Crippen LogP contribution in [0.15, 0.2) is 24.3 Å². The third kappa shape index (κ3) is 3.61. The monoisotopic (exact) mass is 290 g/mol. The summed E-state index contributed by atoms with van der Waals surface area (Å²) in [5, 5.41) is 7.15. The molecule has 1 heterocycles. The van der Waals surface area contributed by atoms with E-state index in [0.717, 1.165) is 41.7 Å². The number of hydrogen-bond donors (Lipinski definition) is 2. The van der Waals surface area contributed by atoms with E-state index in [1.165, 1.54) is 0 Å². The Morgan fingerprint density at radius 1 is 1.10 bits per heavy atom. The number of aryl methyl sites for hydroxylation is 2. The van der Waals surface area contributed by atoms with Gasteiger partial charge in [0.15, 0.2) is 0 Å². The fraction of sp³-hybridized carbons (Fsp3) is 0.333. The maximum Gasteiger partial charge on any atom is 0.136 e. The molecular weight excluding hydrogens is 272 g/mol. The van der Waals surface area contributed by atoms with E-state index in [0.29, 0.717) is 5.02 Å². The van der Waals surface area contributed by atoms with Crippen molar-refractivity contribution >= 4 is 28.9 Å². The quantitative estimate of drug-likeness (QED) is 0.867. The smallest absolute Gasteiger partial charge is 0.136 e. The van der Waals surface area contributed by atoms with Crippen LogP contribution >= 0.6 is 11.6 Å². The van der Waals surface area contributed by atoms with Gasteiger partial charge in [0.25, 0.3) is 0 Å². The first kappa shape index (κ1) is 14.6. The molecule has 0 radical (unpaired) electrons. The zero-order chi connectivity index (χ0) is 14.5. The molecule has 106 valence electrons. The van der Waals surface area contributed by atoms with Gasteiger partial charge >= 0.3 is 0 Å². The Kier molecular flexibility index (Phi) is 4.79. The minimum atomic E-state index is 0.678. The van der Waals surface area contributed by atoms with E-state index >= 15 is 0 Å². The zero-order valence-electron chi connectivity index (χ0n) is 12.0.